The van der Waals surface area contributed by atoms with E-state index in [2.05, 4.69) is 5.43 Å². The molecule has 1 amide bonds. The van der Waals surface area contributed by atoms with Gasteiger partial charge in [-0.05, 0) is 42.5 Å². The van der Waals surface area contributed by atoms with E-state index >= 15 is 0 Å². The number of nitrogens with zero attached hydrogens (tertiary/aromatic N) is 1. The Hall–Kier alpha value is -2.90. The molecule has 1 aromatic carbocycles. The van der Waals surface area contributed by atoms with E-state index in [9.17, 15) is 28.2 Å². The van der Waals surface area contributed by atoms with Crippen LogP contribution in [0.2, 0.25) is 0 Å². The minimum Gasteiger partial charge on any atom is -0.493 e. The van der Waals surface area contributed by atoms with Crippen LogP contribution in [0.4, 0.5) is 13.2 Å². The first kappa shape index (κ1) is 16.3. The van der Waals surface area contributed by atoms with Crippen molar-refractivity contribution < 1.29 is 28.2 Å². The van der Waals surface area contributed by atoms with Gasteiger partial charge in [0.25, 0.3) is 5.91 Å². The van der Waals surface area contributed by atoms with Crippen molar-refractivity contribution >= 4 is 5.91 Å². The number of hydrogen-bond acceptors (Lipinski definition) is 3. The van der Waals surface area contributed by atoms with E-state index in [-0.39, 0.29) is 29.2 Å². The van der Waals surface area contributed by atoms with Crippen LogP contribution in [0.1, 0.15) is 45.3 Å². The maximum absolute atomic E-state index is 12.6. The van der Waals surface area contributed by atoms with Crippen molar-refractivity contribution in [3.05, 3.63) is 58.7 Å². The van der Waals surface area contributed by atoms with Gasteiger partial charge in [-0.1, -0.05) is 12.2 Å². The molecular weight excluding hydrogens is 361 g/mol. The second-order valence-corrected chi connectivity index (χ2v) is 7.33. The predicted molar refractivity (Wildman–Crippen MR) is 89.1 cm³/mol. The highest BCUT2D eigenvalue weighted by molar-refractivity contribution is 6.00. The van der Waals surface area contributed by atoms with Crippen molar-refractivity contribution in [3.8, 4) is 11.8 Å². The number of aromatic nitrogens is 1. The predicted octanol–water partition coefficient (Wildman–Crippen LogP) is 3.69. The summed E-state index contributed by atoms with van der Waals surface area (Å²) < 4.78 is 38.8. The molecule has 8 heteroatoms. The van der Waals surface area contributed by atoms with Crippen molar-refractivity contribution in [2.45, 2.75) is 24.4 Å². The quantitative estimate of drug-likeness (QED) is 0.700. The van der Waals surface area contributed by atoms with Crippen LogP contribution < -0.4 is 5.43 Å². The zero-order valence-electron chi connectivity index (χ0n) is 13.9. The monoisotopic (exact) mass is 376 g/mol. The molecule has 4 aliphatic carbocycles. The minimum atomic E-state index is -4.49. The number of aromatic hydroxyl groups is 2. The summed E-state index contributed by atoms with van der Waals surface area (Å²) in [6.45, 7) is 0. The van der Waals surface area contributed by atoms with E-state index in [1.165, 1.54) is 0 Å². The average Bonchev–Trinajstić information content (AvgIpc) is 3.42. The van der Waals surface area contributed by atoms with Crippen LogP contribution in [0.3, 0.4) is 0 Å². The Labute approximate surface area is 151 Å². The second-order valence-electron chi connectivity index (χ2n) is 7.33. The Kier molecular flexibility index (Phi) is 3.07. The van der Waals surface area contributed by atoms with E-state index in [1.54, 1.807) is 0 Å². The fraction of sp³-hybridized carbons (Fsp3) is 0.316. The highest BCUT2D eigenvalue weighted by Crippen LogP contribution is 2.67. The summed E-state index contributed by atoms with van der Waals surface area (Å²) in [6, 6.07) is 3.73. The van der Waals surface area contributed by atoms with Crippen molar-refractivity contribution in [2.75, 3.05) is 5.43 Å². The Morgan fingerprint density at radius 3 is 2.00 bits per heavy atom. The Morgan fingerprint density at radius 2 is 1.52 bits per heavy atom. The first-order valence-electron chi connectivity index (χ1n) is 8.60. The molecule has 1 heterocycles. The zero-order chi connectivity index (χ0) is 19.1. The highest BCUT2D eigenvalue weighted by atomic mass is 19.4. The van der Waals surface area contributed by atoms with Crippen LogP contribution in [0, 0.1) is 11.8 Å². The molecule has 1 aromatic heterocycles. The number of amides is 1. The number of hydrogen-bond donors (Lipinski definition) is 3. The van der Waals surface area contributed by atoms with Crippen LogP contribution >= 0.6 is 0 Å². The van der Waals surface area contributed by atoms with Gasteiger partial charge in [-0.15, -0.1) is 0 Å². The van der Waals surface area contributed by atoms with Gasteiger partial charge < -0.3 is 10.2 Å². The molecule has 1 saturated carbocycles. The molecule has 0 aliphatic heterocycles. The number of carbonyl (C=O) groups is 1. The lowest BCUT2D eigenvalue weighted by atomic mass is 9.73. The topological polar surface area (TPSA) is 74.5 Å². The summed E-state index contributed by atoms with van der Waals surface area (Å²) in [6.07, 6.45) is 0.622. The minimum absolute atomic E-state index is 0.0163. The number of benzene rings is 1. The number of halogens is 3. The van der Waals surface area contributed by atoms with Gasteiger partial charge in [0.15, 0.2) is 0 Å². The van der Waals surface area contributed by atoms with Crippen molar-refractivity contribution in [1.82, 2.24) is 4.68 Å². The Morgan fingerprint density at radius 1 is 1.00 bits per heavy atom. The highest BCUT2D eigenvalue weighted by Gasteiger charge is 2.57. The fourth-order valence-electron chi connectivity index (χ4n) is 4.53. The molecule has 3 N–H and O–H groups in total. The number of nitrogens with one attached hydrogen (secondary N) is 1. The zero-order valence-corrected chi connectivity index (χ0v) is 13.9. The van der Waals surface area contributed by atoms with Gasteiger partial charge in [0, 0.05) is 28.5 Å². The molecule has 0 spiro atoms. The van der Waals surface area contributed by atoms with E-state index in [1.807, 2.05) is 12.2 Å². The third-order valence-corrected chi connectivity index (χ3v) is 5.89. The standard InChI is InChI=1S/C19H15F3N2O3/c20-19(21,22)9-3-1-8(2-4-9)16(25)23-24-17(26)14-10-5-6-11(13-7-12(10)13)15(14)18(24)27/h1-6,10-13,26-27H,7H2,(H,23,25). The maximum atomic E-state index is 12.6. The number of allylic oxidation sites excluding steroid dienone is 2. The Balaban J connectivity index is 1.45. The van der Waals surface area contributed by atoms with E-state index < -0.39 is 17.6 Å². The summed E-state index contributed by atoms with van der Waals surface area (Å²) in [5, 5.41) is 21.1. The lowest BCUT2D eigenvalue weighted by Crippen LogP contribution is -2.22. The van der Waals surface area contributed by atoms with Crippen LogP contribution in [-0.2, 0) is 6.18 Å². The van der Waals surface area contributed by atoms with Crippen LogP contribution in [0.25, 0.3) is 0 Å². The molecule has 6 rings (SSSR count). The molecule has 4 atom stereocenters. The van der Waals surface area contributed by atoms with Crippen LogP contribution in [0.15, 0.2) is 36.4 Å². The lowest BCUT2D eigenvalue weighted by molar-refractivity contribution is -0.137. The molecule has 27 heavy (non-hydrogen) atoms. The molecule has 2 aromatic rings. The molecule has 1 fully saturated rings. The number of carbonyl (C=O) groups excluding carboxylic acids is 1. The van der Waals surface area contributed by atoms with Gasteiger partial charge in [0.05, 0.1) is 5.56 Å². The first-order valence-corrected chi connectivity index (χ1v) is 8.60. The van der Waals surface area contributed by atoms with Gasteiger partial charge in [0.1, 0.15) is 0 Å². The Bertz CT molecular complexity index is 950. The molecule has 5 nitrogen and oxygen atoms in total. The van der Waals surface area contributed by atoms with E-state index in [0.717, 1.165) is 35.4 Å². The summed E-state index contributed by atoms with van der Waals surface area (Å²) in [7, 11) is 0. The summed E-state index contributed by atoms with van der Waals surface area (Å²) >= 11 is 0. The van der Waals surface area contributed by atoms with Crippen molar-refractivity contribution in [2.24, 2.45) is 11.8 Å². The normalized spacial score (nSPS) is 27.2. The van der Waals surface area contributed by atoms with Crippen molar-refractivity contribution in [1.29, 1.82) is 0 Å². The van der Waals surface area contributed by atoms with Crippen molar-refractivity contribution in [3.63, 3.8) is 0 Å². The first-order chi connectivity index (χ1) is 12.8. The van der Waals surface area contributed by atoms with E-state index in [0.29, 0.717) is 23.0 Å². The molecule has 2 bridgehead atoms. The second kappa shape index (κ2) is 5.09. The van der Waals surface area contributed by atoms with Crippen LogP contribution in [-0.4, -0.2) is 20.8 Å². The molecule has 0 saturated heterocycles. The summed E-state index contributed by atoms with van der Waals surface area (Å²) in [5.41, 5.74) is 2.76. The largest absolute Gasteiger partial charge is 0.493 e. The third kappa shape index (κ3) is 2.22. The average molecular weight is 376 g/mol. The third-order valence-electron chi connectivity index (χ3n) is 5.89. The smallest absolute Gasteiger partial charge is 0.416 e. The molecule has 0 radical (unpaired) electrons. The van der Waals surface area contributed by atoms with Gasteiger partial charge in [-0.3, -0.25) is 10.2 Å². The van der Waals surface area contributed by atoms with Gasteiger partial charge in [0.2, 0.25) is 11.8 Å². The molecule has 4 aliphatic rings. The lowest BCUT2D eigenvalue weighted by Gasteiger charge is -2.29. The van der Waals surface area contributed by atoms with Gasteiger partial charge in [-0.25, -0.2) is 0 Å². The molecular formula is C19H15F3N2O3. The summed E-state index contributed by atoms with van der Waals surface area (Å²) in [4.78, 5) is 12.4. The number of alkyl halides is 3. The SMILES string of the molecule is O=C(Nn1c(O)c2c(c1O)C1C=CC2C2CC12)c1ccc(C(F)(F)F)cc1. The van der Waals surface area contributed by atoms with E-state index in [4.69, 9.17) is 0 Å². The maximum Gasteiger partial charge on any atom is 0.416 e. The number of rotatable bonds is 2. The fourth-order valence-corrected chi connectivity index (χ4v) is 4.53. The molecule has 140 valence electrons. The van der Waals surface area contributed by atoms with Gasteiger partial charge >= 0.3 is 6.18 Å². The van der Waals surface area contributed by atoms with Gasteiger partial charge in [-0.2, -0.15) is 17.8 Å². The molecule has 4 unspecified atom stereocenters. The van der Waals surface area contributed by atoms with Crippen LogP contribution in [0.5, 0.6) is 11.8 Å². The summed E-state index contributed by atoms with van der Waals surface area (Å²) in [5.74, 6) is -0.235.